The molecule has 13 heavy (non-hydrogen) atoms. The third-order valence-corrected chi connectivity index (χ3v) is 2.21. The number of halogens is 1. The van der Waals surface area contributed by atoms with Crippen molar-refractivity contribution < 1.29 is 19.9 Å². The summed E-state index contributed by atoms with van der Waals surface area (Å²) in [6.45, 7) is 0. The van der Waals surface area contributed by atoms with Gasteiger partial charge in [0, 0.05) is 4.47 Å². The number of carboxylic acids is 1. The molecule has 0 bridgehead atoms. The summed E-state index contributed by atoms with van der Waals surface area (Å²) in [5.74, 6) is -1.12. The summed E-state index contributed by atoms with van der Waals surface area (Å²) in [6.07, 6.45) is 0. The van der Waals surface area contributed by atoms with Gasteiger partial charge in [0.25, 0.3) is 0 Å². The van der Waals surface area contributed by atoms with Crippen molar-refractivity contribution in [1.82, 2.24) is 0 Å². The van der Waals surface area contributed by atoms with E-state index in [1.54, 1.807) is 0 Å². The van der Waals surface area contributed by atoms with E-state index < -0.39 is 13.1 Å². The van der Waals surface area contributed by atoms with E-state index in [1.807, 2.05) is 0 Å². The van der Waals surface area contributed by atoms with Crippen LogP contribution in [0, 0.1) is 0 Å². The highest BCUT2D eigenvalue weighted by molar-refractivity contribution is 9.10. The molecule has 0 amide bonds. The molecule has 0 fully saturated rings. The Labute approximate surface area is 83.1 Å². The summed E-state index contributed by atoms with van der Waals surface area (Å²) in [5.41, 5.74) is 0.159. The molecule has 3 N–H and O–H groups in total. The highest BCUT2D eigenvalue weighted by atomic mass is 79.9. The van der Waals surface area contributed by atoms with Crippen molar-refractivity contribution in [3.05, 3.63) is 28.2 Å². The van der Waals surface area contributed by atoms with Crippen LogP contribution in [0.4, 0.5) is 0 Å². The Kier molecular flexibility index (Phi) is 3.08. The monoisotopic (exact) mass is 244 g/mol. The Hall–Kier alpha value is -0.845. The van der Waals surface area contributed by atoms with Crippen LogP contribution in [0.25, 0.3) is 0 Å². The highest BCUT2D eigenvalue weighted by Gasteiger charge is 2.15. The summed E-state index contributed by atoms with van der Waals surface area (Å²) in [5, 5.41) is 26.2. The van der Waals surface area contributed by atoms with Gasteiger partial charge in [-0.15, -0.1) is 0 Å². The Morgan fingerprint density at radius 1 is 1.38 bits per heavy atom. The number of carbonyl (C=O) groups is 1. The number of hydrogen-bond donors (Lipinski definition) is 3. The SMILES string of the molecule is O=C(O)c1cc(B(O)O)ccc1Br. The fourth-order valence-corrected chi connectivity index (χ4v) is 1.28. The van der Waals surface area contributed by atoms with E-state index in [4.69, 9.17) is 15.2 Å². The molecule has 0 radical (unpaired) electrons. The van der Waals surface area contributed by atoms with Gasteiger partial charge in [0.2, 0.25) is 0 Å². The Morgan fingerprint density at radius 3 is 2.46 bits per heavy atom. The molecule has 0 unspecified atom stereocenters. The van der Waals surface area contributed by atoms with Crippen LogP contribution in [-0.4, -0.2) is 28.2 Å². The summed E-state index contributed by atoms with van der Waals surface area (Å²) in [6, 6.07) is 4.09. The molecule has 0 spiro atoms. The van der Waals surface area contributed by atoms with Gasteiger partial charge in [-0.25, -0.2) is 4.79 Å². The fourth-order valence-electron chi connectivity index (χ4n) is 0.867. The van der Waals surface area contributed by atoms with E-state index in [0.29, 0.717) is 4.47 Å². The standard InChI is InChI=1S/C7H6BBrO4/c9-6-2-1-4(8(12)13)3-5(6)7(10)11/h1-3,12-13H,(H,10,11). The zero-order valence-corrected chi connectivity index (χ0v) is 8.02. The van der Waals surface area contributed by atoms with E-state index in [1.165, 1.54) is 18.2 Å². The first-order valence-corrected chi connectivity index (χ1v) is 4.20. The number of carboxylic acid groups (broad SMARTS) is 1. The van der Waals surface area contributed by atoms with Crippen molar-refractivity contribution in [1.29, 1.82) is 0 Å². The van der Waals surface area contributed by atoms with Crippen molar-refractivity contribution in [2.24, 2.45) is 0 Å². The van der Waals surface area contributed by atoms with Crippen molar-refractivity contribution in [3.8, 4) is 0 Å². The Bertz CT molecular complexity index is 339. The molecule has 68 valence electrons. The van der Waals surface area contributed by atoms with Gasteiger partial charge < -0.3 is 15.2 Å². The topological polar surface area (TPSA) is 77.8 Å². The van der Waals surface area contributed by atoms with E-state index in [-0.39, 0.29) is 11.0 Å². The number of benzene rings is 1. The molecule has 0 aliphatic heterocycles. The molecule has 0 aromatic heterocycles. The van der Waals surface area contributed by atoms with E-state index >= 15 is 0 Å². The minimum atomic E-state index is -1.65. The van der Waals surface area contributed by atoms with Crippen LogP contribution in [0.5, 0.6) is 0 Å². The summed E-state index contributed by atoms with van der Waals surface area (Å²) >= 11 is 3.04. The smallest absolute Gasteiger partial charge is 0.478 e. The second-order valence-electron chi connectivity index (χ2n) is 2.42. The Balaban J connectivity index is 3.19. The highest BCUT2D eigenvalue weighted by Crippen LogP contribution is 2.14. The minimum Gasteiger partial charge on any atom is -0.478 e. The fraction of sp³-hybridized carbons (Fsp3) is 0. The van der Waals surface area contributed by atoms with E-state index in [2.05, 4.69) is 15.9 Å². The van der Waals surface area contributed by atoms with E-state index in [9.17, 15) is 4.79 Å². The predicted octanol–water partition coefficient (Wildman–Crippen LogP) is -0.173. The lowest BCUT2D eigenvalue weighted by Crippen LogP contribution is -2.30. The third-order valence-electron chi connectivity index (χ3n) is 1.52. The molecule has 4 nitrogen and oxygen atoms in total. The molecular formula is C7H6BBrO4. The lowest BCUT2D eigenvalue weighted by Gasteiger charge is -2.02. The maximum Gasteiger partial charge on any atom is 0.488 e. The van der Waals surface area contributed by atoms with Gasteiger partial charge in [-0.2, -0.15) is 0 Å². The average molecular weight is 245 g/mol. The maximum absolute atomic E-state index is 10.6. The third kappa shape index (κ3) is 2.30. The van der Waals surface area contributed by atoms with Gasteiger partial charge in [-0.1, -0.05) is 6.07 Å². The molecule has 0 saturated carbocycles. The molecule has 0 heterocycles. The van der Waals surface area contributed by atoms with Crippen LogP contribution in [-0.2, 0) is 0 Å². The van der Waals surface area contributed by atoms with Crippen molar-refractivity contribution in [3.63, 3.8) is 0 Å². The first kappa shape index (κ1) is 10.2. The first-order chi connectivity index (χ1) is 6.02. The predicted molar refractivity (Wildman–Crippen MR) is 50.9 cm³/mol. The van der Waals surface area contributed by atoms with Crippen LogP contribution in [0.2, 0.25) is 0 Å². The van der Waals surface area contributed by atoms with Crippen molar-refractivity contribution in [2.75, 3.05) is 0 Å². The van der Waals surface area contributed by atoms with Crippen LogP contribution < -0.4 is 5.46 Å². The van der Waals surface area contributed by atoms with Crippen LogP contribution in [0.15, 0.2) is 22.7 Å². The molecular weight excluding hydrogens is 239 g/mol. The van der Waals surface area contributed by atoms with Crippen LogP contribution >= 0.6 is 15.9 Å². The van der Waals surface area contributed by atoms with Crippen LogP contribution in [0.3, 0.4) is 0 Å². The normalized spacial score (nSPS) is 9.77. The molecule has 1 aromatic carbocycles. The molecule has 0 saturated heterocycles. The zero-order valence-electron chi connectivity index (χ0n) is 6.44. The van der Waals surface area contributed by atoms with Crippen molar-refractivity contribution in [2.45, 2.75) is 0 Å². The number of aromatic carboxylic acids is 1. The number of hydrogen-bond acceptors (Lipinski definition) is 3. The van der Waals surface area contributed by atoms with Gasteiger partial charge in [0.05, 0.1) is 5.56 Å². The second-order valence-corrected chi connectivity index (χ2v) is 3.27. The first-order valence-electron chi connectivity index (χ1n) is 3.41. The summed E-state index contributed by atoms with van der Waals surface area (Å²) < 4.78 is 0.407. The maximum atomic E-state index is 10.6. The lowest BCUT2D eigenvalue weighted by atomic mass is 9.80. The van der Waals surface area contributed by atoms with Crippen LogP contribution in [0.1, 0.15) is 10.4 Å². The van der Waals surface area contributed by atoms with E-state index in [0.717, 1.165) is 0 Å². The zero-order chi connectivity index (χ0) is 10.0. The van der Waals surface area contributed by atoms with Crippen molar-refractivity contribution >= 4 is 34.5 Å². The second kappa shape index (κ2) is 3.91. The lowest BCUT2D eigenvalue weighted by molar-refractivity contribution is 0.0696. The molecule has 0 aliphatic carbocycles. The van der Waals surface area contributed by atoms with Gasteiger partial charge in [0.15, 0.2) is 0 Å². The van der Waals surface area contributed by atoms with Gasteiger partial charge >= 0.3 is 13.1 Å². The molecule has 1 aromatic rings. The number of rotatable bonds is 2. The molecule has 0 aliphatic rings. The van der Waals surface area contributed by atoms with Gasteiger partial charge in [-0.3, -0.25) is 0 Å². The Morgan fingerprint density at radius 2 is 2.00 bits per heavy atom. The molecule has 1 rings (SSSR count). The summed E-state index contributed by atoms with van der Waals surface area (Å²) in [4.78, 5) is 10.6. The molecule has 6 heteroatoms. The largest absolute Gasteiger partial charge is 0.488 e. The average Bonchev–Trinajstić information content (AvgIpc) is 2.04. The van der Waals surface area contributed by atoms with Gasteiger partial charge in [-0.05, 0) is 33.5 Å². The molecule has 0 atom stereocenters. The van der Waals surface area contributed by atoms with Gasteiger partial charge in [0.1, 0.15) is 0 Å². The summed E-state index contributed by atoms with van der Waals surface area (Å²) in [7, 11) is -1.65. The quantitative estimate of drug-likeness (QED) is 0.632. The minimum absolute atomic E-state index is 0.00519.